The molecule has 1 unspecified atom stereocenters. The minimum atomic E-state index is -0.673. The van der Waals surface area contributed by atoms with Crippen molar-refractivity contribution >= 4 is 17.7 Å². The van der Waals surface area contributed by atoms with Gasteiger partial charge in [-0.25, -0.2) is 0 Å². The zero-order chi connectivity index (χ0) is 11.1. The van der Waals surface area contributed by atoms with Gasteiger partial charge in [0.05, 0.1) is 0 Å². The third-order valence-corrected chi connectivity index (χ3v) is 4.77. The van der Waals surface area contributed by atoms with Gasteiger partial charge in [0.1, 0.15) is 5.54 Å². The molecule has 1 aliphatic carbocycles. The molecule has 3 nitrogen and oxygen atoms in total. The Labute approximate surface area is 95.0 Å². The molecule has 1 heterocycles. The van der Waals surface area contributed by atoms with Crippen LogP contribution in [-0.4, -0.2) is 34.2 Å². The van der Waals surface area contributed by atoms with Gasteiger partial charge in [-0.3, -0.25) is 10.1 Å². The Morgan fingerprint density at radius 2 is 2.07 bits per heavy atom. The van der Waals surface area contributed by atoms with E-state index in [9.17, 15) is 9.90 Å². The lowest BCUT2D eigenvalue weighted by atomic mass is 9.79. The van der Waals surface area contributed by atoms with Crippen LogP contribution in [0.3, 0.4) is 0 Å². The lowest BCUT2D eigenvalue weighted by molar-refractivity contribution is -0.145. The van der Waals surface area contributed by atoms with E-state index in [-0.39, 0.29) is 5.41 Å². The summed E-state index contributed by atoms with van der Waals surface area (Å²) >= 11 is 1.76. The maximum atomic E-state index is 11.5. The molecule has 0 aromatic carbocycles. The summed E-state index contributed by atoms with van der Waals surface area (Å²) in [5, 5.41) is 12.8. The number of aliphatic carboxylic acids is 1. The van der Waals surface area contributed by atoms with Crippen molar-refractivity contribution in [1.29, 1.82) is 0 Å². The summed E-state index contributed by atoms with van der Waals surface area (Å²) < 4.78 is 0. The summed E-state index contributed by atoms with van der Waals surface area (Å²) in [6.45, 7) is 4.32. The maximum Gasteiger partial charge on any atom is 0.324 e. The van der Waals surface area contributed by atoms with Crippen LogP contribution in [0.1, 0.15) is 33.1 Å². The standard InChI is InChI=1S/C11H19NO2S/c1-10(2)5-11(9(13)14,7-15-6-10)12-8-3-4-8/h8,12H,3-7H2,1-2H3,(H,13,14). The first-order valence-electron chi connectivity index (χ1n) is 5.52. The van der Waals surface area contributed by atoms with Gasteiger partial charge in [-0.1, -0.05) is 13.8 Å². The van der Waals surface area contributed by atoms with E-state index in [1.807, 2.05) is 0 Å². The summed E-state index contributed by atoms with van der Waals surface area (Å²) in [4.78, 5) is 11.5. The molecular formula is C11H19NO2S. The predicted molar refractivity (Wildman–Crippen MR) is 62.2 cm³/mol. The van der Waals surface area contributed by atoms with Crippen molar-refractivity contribution in [2.75, 3.05) is 11.5 Å². The van der Waals surface area contributed by atoms with Crippen LogP contribution in [0.15, 0.2) is 0 Å². The average molecular weight is 229 g/mol. The van der Waals surface area contributed by atoms with Crippen LogP contribution in [0.25, 0.3) is 0 Å². The number of rotatable bonds is 3. The van der Waals surface area contributed by atoms with Crippen molar-refractivity contribution in [1.82, 2.24) is 5.32 Å². The summed E-state index contributed by atoms with van der Waals surface area (Å²) in [5.74, 6) is 1.10. The number of hydrogen-bond acceptors (Lipinski definition) is 3. The highest BCUT2D eigenvalue weighted by Gasteiger charge is 2.48. The second kappa shape index (κ2) is 3.67. The van der Waals surface area contributed by atoms with Crippen LogP contribution in [-0.2, 0) is 4.79 Å². The van der Waals surface area contributed by atoms with Crippen molar-refractivity contribution < 1.29 is 9.90 Å². The molecular weight excluding hydrogens is 210 g/mol. The van der Waals surface area contributed by atoms with Crippen molar-refractivity contribution in [3.05, 3.63) is 0 Å². The van der Waals surface area contributed by atoms with Crippen molar-refractivity contribution in [2.45, 2.75) is 44.7 Å². The molecule has 2 rings (SSSR count). The normalized spacial score (nSPS) is 35.1. The zero-order valence-electron chi connectivity index (χ0n) is 9.38. The second-order valence-corrected chi connectivity index (χ2v) is 6.63. The summed E-state index contributed by atoms with van der Waals surface area (Å²) in [6.07, 6.45) is 3.03. The fraction of sp³-hybridized carbons (Fsp3) is 0.909. The Morgan fingerprint density at radius 3 is 2.53 bits per heavy atom. The first-order valence-corrected chi connectivity index (χ1v) is 6.68. The highest BCUT2D eigenvalue weighted by Crippen LogP contribution is 2.40. The van der Waals surface area contributed by atoms with E-state index in [0.29, 0.717) is 11.8 Å². The van der Waals surface area contributed by atoms with Gasteiger partial charge >= 0.3 is 5.97 Å². The van der Waals surface area contributed by atoms with Crippen LogP contribution >= 0.6 is 11.8 Å². The maximum absolute atomic E-state index is 11.5. The number of carboxylic acids is 1. The van der Waals surface area contributed by atoms with Gasteiger partial charge in [0.2, 0.25) is 0 Å². The topological polar surface area (TPSA) is 49.3 Å². The van der Waals surface area contributed by atoms with Crippen LogP contribution < -0.4 is 5.32 Å². The van der Waals surface area contributed by atoms with E-state index in [2.05, 4.69) is 19.2 Å². The SMILES string of the molecule is CC1(C)CSCC(NC2CC2)(C(=O)O)C1. The molecule has 15 heavy (non-hydrogen) atoms. The molecule has 86 valence electrons. The average Bonchev–Trinajstić information content (AvgIpc) is 2.85. The van der Waals surface area contributed by atoms with Crippen molar-refractivity contribution in [3.63, 3.8) is 0 Å². The zero-order valence-corrected chi connectivity index (χ0v) is 10.2. The van der Waals surface area contributed by atoms with Crippen LogP contribution in [0.2, 0.25) is 0 Å². The van der Waals surface area contributed by atoms with Crippen LogP contribution in [0.4, 0.5) is 0 Å². The molecule has 0 aromatic rings. The lowest BCUT2D eigenvalue weighted by Gasteiger charge is -2.42. The molecule has 1 saturated heterocycles. The molecule has 0 bridgehead atoms. The van der Waals surface area contributed by atoms with Gasteiger partial charge in [0.25, 0.3) is 0 Å². The largest absolute Gasteiger partial charge is 0.480 e. The monoisotopic (exact) mass is 229 g/mol. The van der Waals surface area contributed by atoms with E-state index in [4.69, 9.17) is 0 Å². The lowest BCUT2D eigenvalue weighted by Crippen LogP contribution is -2.59. The van der Waals surface area contributed by atoms with Crippen LogP contribution in [0, 0.1) is 5.41 Å². The first-order chi connectivity index (χ1) is 6.94. The van der Waals surface area contributed by atoms with Gasteiger partial charge < -0.3 is 5.11 Å². The number of carbonyl (C=O) groups is 1. The molecule has 4 heteroatoms. The Kier molecular flexibility index (Phi) is 2.75. The summed E-state index contributed by atoms with van der Waals surface area (Å²) in [7, 11) is 0. The number of thioether (sulfide) groups is 1. The fourth-order valence-corrected chi connectivity index (χ4v) is 3.74. The van der Waals surface area contributed by atoms with E-state index in [1.165, 1.54) is 0 Å². The molecule has 0 amide bonds. The van der Waals surface area contributed by atoms with E-state index < -0.39 is 11.5 Å². The summed E-state index contributed by atoms with van der Waals surface area (Å²) in [5.41, 5.74) is -0.545. The molecule has 1 saturated carbocycles. The molecule has 2 N–H and O–H groups in total. The highest BCUT2D eigenvalue weighted by molar-refractivity contribution is 7.99. The van der Waals surface area contributed by atoms with E-state index in [0.717, 1.165) is 25.0 Å². The first kappa shape index (κ1) is 11.3. The number of carboxylic acid groups (broad SMARTS) is 1. The van der Waals surface area contributed by atoms with E-state index in [1.54, 1.807) is 11.8 Å². The van der Waals surface area contributed by atoms with Gasteiger partial charge in [0, 0.05) is 11.8 Å². The van der Waals surface area contributed by atoms with Gasteiger partial charge in [0.15, 0.2) is 0 Å². The second-order valence-electron chi connectivity index (χ2n) is 5.64. The molecule has 1 atom stereocenters. The van der Waals surface area contributed by atoms with E-state index >= 15 is 0 Å². The molecule has 2 fully saturated rings. The summed E-state index contributed by atoms with van der Waals surface area (Å²) in [6, 6.07) is 0.454. The van der Waals surface area contributed by atoms with Crippen molar-refractivity contribution in [2.24, 2.45) is 5.41 Å². The molecule has 0 radical (unpaired) electrons. The smallest absolute Gasteiger partial charge is 0.324 e. The molecule has 2 aliphatic rings. The van der Waals surface area contributed by atoms with Crippen molar-refractivity contribution in [3.8, 4) is 0 Å². The third kappa shape index (κ3) is 2.48. The highest BCUT2D eigenvalue weighted by atomic mass is 32.2. The Balaban J connectivity index is 2.13. The number of hydrogen-bond donors (Lipinski definition) is 2. The third-order valence-electron chi connectivity index (χ3n) is 3.09. The molecule has 0 aromatic heterocycles. The van der Waals surface area contributed by atoms with Crippen LogP contribution in [0.5, 0.6) is 0 Å². The fourth-order valence-electron chi connectivity index (χ4n) is 2.33. The Hall–Kier alpha value is -0.220. The van der Waals surface area contributed by atoms with Gasteiger partial charge in [-0.15, -0.1) is 0 Å². The minimum Gasteiger partial charge on any atom is -0.480 e. The number of nitrogens with one attached hydrogen (secondary N) is 1. The predicted octanol–water partition coefficient (Wildman–Crippen LogP) is 1.72. The molecule has 1 aliphatic heterocycles. The Bertz CT molecular complexity index is 276. The minimum absolute atomic E-state index is 0.128. The Morgan fingerprint density at radius 1 is 1.40 bits per heavy atom. The van der Waals surface area contributed by atoms with Gasteiger partial charge in [-0.05, 0) is 30.4 Å². The van der Waals surface area contributed by atoms with Gasteiger partial charge in [-0.2, -0.15) is 11.8 Å². The quantitative estimate of drug-likeness (QED) is 0.773. The molecule has 0 spiro atoms.